The van der Waals surface area contributed by atoms with Gasteiger partial charge in [-0.15, -0.1) is 0 Å². The lowest BCUT2D eigenvalue weighted by Gasteiger charge is -1.91. The van der Waals surface area contributed by atoms with E-state index in [0.29, 0.717) is 0 Å². The van der Waals surface area contributed by atoms with Crippen molar-refractivity contribution in [3.63, 3.8) is 0 Å². The van der Waals surface area contributed by atoms with Crippen LogP contribution in [-0.4, -0.2) is 19.1 Å². The Morgan fingerprint density at radius 2 is 2.38 bits per heavy atom. The van der Waals surface area contributed by atoms with E-state index in [4.69, 9.17) is 5.73 Å². The third kappa shape index (κ3) is 0.816. The Morgan fingerprint density at radius 1 is 1.88 bits per heavy atom. The third-order valence-electron chi connectivity index (χ3n) is 1.34. The Hall–Kier alpha value is -0.570. The average Bonchev–Trinajstić information content (AvgIpc) is 2.45. The van der Waals surface area contributed by atoms with Gasteiger partial charge in [-0.25, -0.2) is 0 Å². The first-order valence-corrected chi connectivity index (χ1v) is 2.59. The first kappa shape index (κ1) is 5.56. The lowest BCUT2D eigenvalue weighted by atomic mass is 10.4. The molecule has 0 spiro atoms. The molecule has 3 heteroatoms. The number of nitrogens with two attached hydrogens (primary N) is 1. The van der Waals surface area contributed by atoms with E-state index in [-0.39, 0.29) is 17.9 Å². The van der Waals surface area contributed by atoms with Gasteiger partial charge in [-0.05, 0) is 6.42 Å². The summed E-state index contributed by atoms with van der Waals surface area (Å²) in [4.78, 5) is 10.5. The molecule has 2 atom stereocenters. The summed E-state index contributed by atoms with van der Waals surface area (Å²) in [5, 5.41) is 0. The van der Waals surface area contributed by atoms with Crippen molar-refractivity contribution in [1.82, 2.24) is 0 Å². The Labute approximate surface area is 47.8 Å². The highest BCUT2D eigenvalue weighted by atomic mass is 16.5. The van der Waals surface area contributed by atoms with Crippen LogP contribution in [0, 0.1) is 5.92 Å². The van der Waals surface area contributed by atoms with Crippen LogP contribution in [0.25, 0.3) is 0 Å². The second-order valence-electron chi connectivity index (χ2n) is 2.03. The molecule has 0 aromatic heterocycles. The van der Waals surface area contributed by atoms with Crippen LogP contribution in [0.4, 0.5) is 0 Å². The molecule has 8 heavy (non-hydrogen) atoms. The molecule has 0 unspecified atom stereocenters. The van der Waals surface area contributed by atoms with E-state index in [0.717, 1.165) is 6.42 Å². The molecule has 1 saturated carbocycles. The summed E-state index contributed by atoms with van der Waals surface area (Å²) in [5.74, 6) is -0.169. The molecule has 0 aromatic carbocycles. The van der Waals surface area contributed by atoms with Gasteiger partial charge in [0.2, 0.25) is 0 Å². The number of esters is 1. The van der Waals surface area contributed by atoms with E-state index in [1.165, 1.54) is 7.11 Å². The summed E-state index contributed by atoms with van der Waals surface area (Å²) in [6.45, 7) is 0. The molecule has 0 radical (unpaired) electrons. The van der Waals surface area contributed by atoms with E-state index in [2.05, 4.69) is 4.74 Å². The van der Waals surface area contributed by atoms with Crippen molar-refractivity contribution in [1.29, 1.82) is 0 Å². The van der Waals surface area contributed by atoms with E-state index in [1.54, 1.807) is 0 Å². The summed E-state index contributed by atoms with van der Waals surface area (Å²) in [7, 11) is 1.38. The number of hydrogen-bond donors (Lipinski definition) is 1. The fraction of sp³-hybridized carbons (Fsp3) is 0.800. The minimum Gasteiger partial charge on any atom is -0.469 e. The molecule has 0 bridgehead atoms. The lowest BCUT2D eigenvalue weighted by Crippen LogP contribution is -2.11. The van der Waals surface area contributed by atoms with Crippen molar-refractivity contribution in [3.05, 3.63) is 0 Å². The second kappa shape index (κ2) is 1.74. The van der Waals surface area contributed by atoms with Crippen molar-refractivity contribution < 1.29 is 9.53 Å². The lowest BCUT2D eigenvalue weighted by molar-refractivity contribution is -0.142. The van der Waals surface area contributed by atoms with Gasteiger partial charge in [0.05, 0.1) is 13.0 Å². The second-order valence-corrected chi connectivity index (χ2v) is 2.03. The number of carbonyl (C=O) groups excluding carboxylic acids is 1. The molecule has 0 saturated heterocycles. The predicted molar refractivity (Wildman–Crippen MR) is 28.1 cm³/mol. The molecule has 1 fully saturated rings. The largest absolute Gasteiger partial charge is 0.469 e. The highest BCUT2D eigenvalue weighted by Crippen LogP contribution is 2.28. The standard InChI is InChI=1S/C5H9NO2/c1-8-5(7)3-2-4(3)6/h3-4H,2,6H2,1H3/t3-,4-/m0/s1. The molecule has 0 aliphatic heterocycles. The zero-order valence-corrected chi connectivity index (χ0v) is 4.76. The molecular formula is C5H9NO2. The number of rotatable bonds is 1. The van der Waals surface area contributed by atoms with Crippen molar-refractivity contribution in [2.45, 2.75) is 12.5 Å². The summed E-state index contributed by atoms with van der Waals surface area (Å²) in [5.41, 5.74) is 5.34. The highest BCUT2D eigenvalue weighted by molar-refractivity contribution is 5.76. The van der Waals surface area contributed by atoms with Crippen molar-refractivity contribution in [3.8, 4) is 0 Å². The highest BCUT2D eigenvalue weighted by Gasteiger charge is 2.40. The van der Waals surface area contributed by atoms with Gasteiger partial charge in [0.25, 0.3) is 0 Å². The van der Waals surface area contributed by atoms with Gasteiger partial charge < -0.3 is 10.5 Å². The quantitative estimate of drug-likeness (QED) is 0.469. The summed E-state index contributed by atoms with van der Waals surface area (Å²) < 4.78 is 4.43. The van der Waals surface area contributed by atoms with Gasteiger partial charge >= 0.3 is 5.97 Å². The van der Waals surface area contributed by atoms with Crippen LogP contribution in [0.5, 0.6) is 0 Å². The van der Waals surface area contributed by atoms with E-state index in [9.17, 15) is 4.79 Å². The van der Waals surface area contributed by atoms with Crippen LogP contribution >= 0.6 is 0 Å². The molecule has 0 amide bonds. The zero-order valence-electron chi connectivity index (χ0n) is 4.76. The number of methoxy groups -OCH3 is 1. The van der Waals surface area contributed by atoms with Crippen molar-refractivity contribution in [2.75, 3.05) is 7.11 Å². The van der Waals surface area contributed by atoms with Crippen LogP contribution in [-0.2, 0) is 9.53 Å². The van der Waals surface area contributed by atoms with Crippen LogP contribution in [0.3, 0.4) is 0 Å². The molecule has 0 heterocycles. The molecule has 1 aliphatic rings. The Kier molecular flexibility index (Phi) is 1.21. The van der Waals surface area contributed by atoms with E-state index < -0.39 is 0 Å². The minimum absolute atomic E-state index is 0.000000000000000222. The summed E-state index contributed by atoms with van der Waals surface area (Å²) >= 11 is 0. The molecule has 46 valence electrons. The molecule has 1 aliphatic carbocycles. The van der Waals surface area contributed by atoms with Crippen molar-refractivity contribution in [2.24, 2.45) is 11.7 Å². The monoisotopic (exact) mass is 115 g/mol. The Balaban J connectivity index is 2.28. The maximum Gasteiger partial charge on any atom is 0.310 e. The van der Waals surface area contributed by atoms with Gasteiger partial charge in [0.15, 0.2) is 0 Å². The van der Waals surface area contributed by atoms with Crippen LogP contribution in [0.2, 0.25) is 0 Å². The Morgan fingerprint density at radius 3 is 2.50 bits per heavy atom. The van der Waals surface area contributed by atoms with Gasteiger partial charge in [0.1, 0.15) is 0 Å². The first-order valence-electron chi connectivity index (χ1n) is 2.59. The maximum atomic E-state index is 10.5. The minimum atomic E-state index is -0.169. The topological polar surface area (TPSA) is 52.3 Å². The van der Waals surface area contributed by atoms with Crippen LogP contribution in [0.1, 0.15) is 6.42 Å². The summed E-state index contributed by atoms with van der Waals surface area (Å²) in [6.07, 6.45) is 0.798. The van der Waals surface area contributed by atoms with Crippen LogP contribution in [0.15, 0.2) is 0 Å². The normalized spacial score (nSPS) is 34.2. The van der Waals surface area contributed by atoms with Gasteiger partial charge in [-0.3, -0.25) is 4.79 Å². The first-order chi connectivity index (χ1) is 3.75. The zero-order chi connectivity index (χ0) is 6.15. The Bertz CT molecular complexity index is 113. The predicted octanol–water partition coefficient (Wildman–Crippen LogP) is -0.493. The van der Waals surface area contributed by atoms with Crippen LogP contribution < -0.4 is 5.73 Å². The third-order valence-corrected chi connectivity index (χ3v) is 1.34. The number of hydrogen-bond acceptors (Lipinski definition) is 3. The smallest absolute Gasteiger partial charge is 0.310 e. The summed E-state index contributed by atoms with van der Waals surface area (Å²) in [6, 6.07) is 0.0717. The molecule has 3 nitrogen and oxygen atoms in total. The molecule has 0 aromatic rings. The van der Waals surface area contributed by atoms with E-state index >= 15 is 0 Å². The SMILES string of the molecule is COC(=O)[C@H]1C[C@@H]1N. The molecular weight excluding hydrogens is 106 g/mol. The van der Waals surface area contributed by atoms with E-state index in [1.807, 2.05) is 0 Å². The maximum absolute atomic E-state index is 10.5. The molecule has 1 rings (SSSR count). The van der Waals surface area contributed by atoms with Gasteiger partial charge in [0, 0.05) is 6.04 Å². The van der Waals surface area contributed by atoms with Crippen molar-refractivity contribution >= 4 is 5.97 Å². The number of carbonyl (C=O) groups is 1. The fourth-order valence-corrected chi connectivity index (χ4v) is 0.637. The average molecular weight is 115 g/mol. The van der Waals surface area contributed by atoms with Gasteiger partial charge in [-0.1, -0.05) is 0 Å². The number of ether oxygens (including phenoxy) is 1. The van der Waals surface area contributed by atoms with Gasteiger partial charge in [-0.2, -0.15) is 0 Å². The molecule has 2 N–H and O–H groups in total. The fourth-order valence-electron chi connectivity index (χ4n) is 0.637.